The fourth-order valence-corrected chi connectivity index (χ4v) is 1.87. The van der Waals surface area contributed by atoms with Gasteiger partial charge in [0.1, 0.15) is 0 Å². The molecule has 5 heteroatoms. The lowest BCUT2D eigenvalue weighted by molar-refractivity contribution is 0.762. The van der Waals surface area contributed by atoms with Crippen LogP contribution in [0, 0.1) is 27.7 Å². The summed E-state index contributed by atoms with van der Waals surface area (Å²) in [4.78, 5) is 8.78. The van der Waals surface area contributed by atoms with E-state index in [2.05, 4.69) is 31.0 Å². The molecule has 0 radical (unpaired) electrons. The predicted octanol–water partition coefficient (Wildman–Crippen LogP) is 2.66. The van der Waals surface area contributed by atoms with Crippen LogP contribution in [0.3, 0.4) is 0 Å². The van der Waals surface area contributed by atoms with Crippen LogP contribution in [0.4, 0.5) is 0 Å². The highest BCUT2D eigenvalue weighted by Gasteiger charge is 2.12. The van der Waals surface area contributed by atoms with Gasteiger partial charge in [-0.3, -0.25) is 0 Å². The van der Waals surface area contributed by atoms with E-state index in [1.54, 1.807) is 4.68 Å². The minimum Gasteiger partial charge on any atom is -0.216 e. The molecule has 0 spiro atoms. The molecule has 0 aliphatic heterocycles. The Morgan fingerprint density at radius 2 is 1.62 bits per heavy atom. The molecule has 4 nitrogen and oxygen atoms in total. The van der Waals surface area contributed by atoms with Crippen LogP contribution in [0.2, 0.25) is 0 Å². The molecule has 0 fully saturated rings. The number of hydrogen-bond donors (Lipinski definition) is 0. The predicted molar refractivity (Wildman–Crippen MR) is 65.8 cm³/mol. The minimum atomic E-state index is 0.629. The quantitative estimate of drug-likeness (QED) is 0.807. The molecule has 0 aliphatic carbocycles. The maximum absolute atomic E-state index is 4.41. The number of halogens is 1. The van der Waals surface area contributed by atoms with Gasteiger partial charge in [-0.05, 0) is 49.7 Å². The van der Waals surface area contributed by atoms with E-state index >= 15 is 0 Å². The Kier molecular flexibility index (Phi) is 2.80. The zero-order valence-electron chi connectivity index (χ0n) is 9.74. The molecule has 0 bridgehead atoms. The fourth-order valence-electron chi connectivity index (χ4n) is 1.62. The lowest BCUT2D eigenvalue weighted by Gasteiger charge is -2.04. The Labute approximate surface area is 103 Å². The highest BCUT2D eigenvalue weighted by Crippen LogP contribution is 2.21. The maximum Gasteiger partial charge on any atom is 0.251 e. The summed E-state index contributed by atoms with van der Waals surface area (Å²) in [5.74, 6) is 0.629. The van der Waals surface area contributed by atoms with Crippen molar-refractivity contribution in [2.24, 2.45) is 0 Å². The first-order chi connectivity index (χ1) is 7.49. The van der Waals surface area contributed by atoms with Crippen molar-refractivity contribution in [2.75, 3.05) is 0 Å². The summed E-state index contributed by atoms with van der Waals surface area (Å²) in [6, 6.07) is 1.95. The highest BCUT2D eigenvalue weighted by atomic mass is 79.9. The second-order valence-corrected chi connectivity index (χ2v) is 4.64. The van der Waals surface area contributed by atoms with Crippen molar-refractivity contribution in [3.8, 4) is 5.95 Å². The number of nitrogens with zero attached hydrogens (tertiary/aromatic N) is 4. The van der Waals surface area contributed by atoms with Crippen LogP contribution >= 0.6 is 15.9 Å². The molecule has 16 heavy (non-hydrogen) atoms. The lowest BCUT2D eigenvalue weighted by Crippen LogP contribution is -2.06. The molecule has 2 rings (SSSR count). The van der Waals surface area contributed by atoms with Gasteiger partial charge < -0.3 is 0 Å². The van der Waals surface area contributed by atoms with Crippen molar-refractivity contribution in [1.29, 1.82) is 0 Å². The van der Waals surface area contributed by atoms with Crippen molar-refractivity contribution in [3.63, 3.8) is 0 Å². The van der Waals surface area contributed by atoms with Crippen molar-refractivity contribution >= 4 is 15.9 Å². The molecule has 2 aromatic heterocycles. The molecule has 0 N–H and O–H groups in total. The van der Waals surface area contributed by atoms with Crippen LogP contribution in [-0.4, -0.2) is 19.7 Å². The Balaban J connectivity index is 2.62. The molecule has 2 aromatic rings. The van der Waals surface area contributed by atoms with E-state index in [-0.39, 0.29) is 0 Å². The van der Waals surface area contributed by atoms with Crippen LogP contribution in [0.5, 0.6) is 0 Å². The highest BCUT2D eigenvalue weighted by molar-refractivity contribution is 9.10. The summed E-state index contributed by atoms with van der Waals surface area (Å²) in [6.45, 7) is 7.86. The van der Waals surface area contributed by atoms with E-state index in [9.17, 15) is 0 Å². The van der Waals surface area contributed by atoms with Crippen LogP contribution in [0.1, 0.15) is 22.8 Å². The van der Waals surface area contributed by atoms with Crippen LogP contribution in [-0.2, 0) is 0 Å². The average Bonchev–Trinajstić information content (AvgIpc) is 2.44. The molecule has 0 amide bonds. The van der Waals surface area contributed by atoms with Gasteiger partial charge in [0.25, 0.3) is 5.95 Å². The molecule has 0 atom stereocenters. The summed E-state index contributed by atoms with van der Waals surface area (Å²) in [6.07, 6.45) is 0. The molecular formula is C11H13BrN4. The molecule has 2 heterocycles. The Morgan fingerprint density at radius 1 is 1.06 bits per heavy atom. The van der Waals surface area contributed by atoms with Gasteiger partial charge in [0.2, 0.25) is 0 Å². The van der Waals surface area contributed by atoms with Crippen LogP contribution in [0.15, 0.2) is 10.5 Å². The second-order valence-electron chi connectivity index (χ2n) is 3.85. The Bertz CT molecular complexity index is 525. The number of rotatable bonds is 1. The molecule has 0 saturated heterocycles. The molecule has 0 unspecified atom stereocenters. The standard InChI is InChI=1S/C11H13BrN4/c1-6-5-7(2)14-11(13-6)16-9(4)10(12)8(3)15-16/h5H,1-4H3. The third-order valence-electron chi connectivity index (χ3n) is 2.36. The zero-order chi connectivity index (χ0) is 11.9. The monoisotopic (exact) mass is 280 g/mol. The Hall–Kier alpha value is -1.23. The average molecular weight is 281 g/mol. The van der Waals surface area contributed by atoms with Crippen LogP contribution < -0.4 is 0 Å². The van der Waals surface area contributed by atoms with Gasteiger partial charge in [-0.25, -0.2) is 14.6 Å². The van der Waals surface area contributed by atoms with Gasteiger partial charge in [-0.15, -0.1) is 0 Å². The molecule has 0 aliphatic rings. The topological polar surface area (TPSA) is 43.6 Å². The van der Waals surface area contributed by atoms with E-state index in [0.29, 0.717) is 5.95 Å². The van der Waals surface area contributed by atoms with Crippen molar-refractivity contribution < 1.29 is 0 Å². The first-order valence-electron chi connectivity index (χ1n) is 5.03. The van der Waals surface area contributed by atoms with Crippen LogP contribution in [0.25, 0.3) is 5.95 Å². The first-order valence-corrected chi connectivity index (χ1v) is 5.82. The summed E-state index contributed by atoms with van der Waals surface area (Å²) in [5.41, 5.74) is 3.86. The van der Waals surface area contributed by atoms with E-state index in [4.69, 9.17) is 0 Å². The lowest BCUT2D eigenvalue weighted by atomic mass is 10.3. The fraction of sp³-hybridized carbons (Fsp3) is 0.364. The van der Waals surface area contributed by atoms with Gasteiger partial charge in [0.15, 0.2) is 0 Å². The molecule has 84 valence electrons. The summed E-state index contributed by atoms with van der Waals surface area (Å²) in [7, 11) is 0. The largest absolute Gasteiger partial charge is 0.251 e. The minimum absolute atomic E-state index is 0.629. The normalized spacial score (nSPS) is 10.8. The summed E-state index contributed by atoms with van der Waals surface area (Å²) < 4.78 is 2.77. The van der Waals surface area contributed by atoms with Crippen molar-refractivity contribution in [2.45, 2.75) is 27.7 Å². The molecule has 0 saturated carbocycles. The van der Waals surface area contributed by atoms with Gasteiger partial charge in [-0.1, -0.05) is 0 Å². The van der Waals surface area contributed by atoms with E-state index in [0.717, 1.165) is 27.2 Å². The van der Waals surface area contributed by atoms with Gasteiger partial charge in [0, 0.05) is 11.4 Å². The van der Waals surface area contributed by atoms with Gasteiger partial charge >= 0.3 is 0 Å². The third-order valence-corrected chi connectivity index (χ3v) is 3.51. The Morgan fingerprint density at radius 3 is 2.06 bits per heavy atom. The molecular weight excluding hydrogens is 268 g/mol. The van der Waals surface area contributed by atoms with Crippen molar-refractivity contribution in [3.05, 3.63) is 33.3 Å². The van der Waals surface area contributed by atoms with E-state index in [1.165, 1.54) is 0 Å². The van der Waals surface area contributed by atoms with E-state index in [1.807, 2.05) is 33.8 Å². The number of aromatic nitrogens is 4. The third kappa shape index (κ3) is 1.87. The maximum atomic E-state index is 4.41. The summed E-state index contributed by atoms with van der Waals surface area (Å²) in [5, 5.41) is 4.41. The van der Waals surface area contributed by atoms with Gasteiger partial charge in [-0.2, -0.15) is 5.10 Å². The smallest absolute Gasteiger partial charge is 0.216 e. The summed E-state index contributed by atoms with van der Waals surface area (Å²) >= 11 is 3.50. The van der Waals surface area contributed by atoms with Gasteiger partial charge in [0.05, 0.1) is 15.9 Å². The number of aryl methyl sites for hydroxylation is 3. The first kappa shape index (κ1) is 11.3. The number of hydrogen-bond acceptors (Lipinski definition) is 3. The second kappa shape index (κ2) is 3.97. The van der Waals surface area contributed by atoms with E-state index < -0.39 is 0 Å². The van der Waals surface area contributed by atoms with Crippen molar-refractivity contribution in [1.82, 2.24) is 19.7 Å². The molecule has 0 aromatic carbocycles. The zero-order valence-corrected chi connectivity index (χ0v) is 11.3. The SMILES string of the molecule is Cc1cc(C)nc(-n2nc(C)c(Br)c2C)n1.